The van der Waals surface area contributed by atoms with Gasteiger partial charge in [-0.2, -0.15) is 13.2 Å². The highest BCUT2D eigenvalue weighted by Crippen LogP contribution is 2.28. The topological polar surface area (TPSA) is 98.9 Å². The number of nitrogens with zero attached hydrogens (tertiary/aromatic N) is 3. The van der Waals surface area contributed by atoms with Crippen molar-refractivity contribution in [2.75, 3.05) is 7.11 Å². The highest BCUT2D eigenvalue weighted by Gasteiger charge is 2.32. The van der Waals surface area contributed by atoms with Gasteiger partial charge in [-0.05, 0) is 36.4 Å². The van der Waals surface area contributed by atoms with Crippen LogP contribution in [0, 0.1) is 0 Å². The fourth-order valence-corrected chi connectivity index (χ4v) is 1.84. The molecule has 0 unspecified atom stereocenters. The Morgan fingerprint density at radius 1 is 1.04 bits per heavy atom. The van der Waals surface area contributed by atoms with E-state index in [2.05, 4.69) is 15.2 Å². The van der Waals surface area contributed by atoms with Gasteiger partial charge in [-0.3, -0.25) is 0 Å². The Balaban J connectivity index is 2.55. The smallest absolute Gasteiger partial charge is 0.433 e. The van der Waals surface area contributed by atoms with Crippen LogP contribution in [0.25, 0.3) is 0 Å². The molecular weight excluding hydrogens is 323 g/mol. The average molecular weight is 337 g/mol. The normalized spacial score (nSPS) is 11.9. The van der Waals surface area contributed by atoms with E-state index in [1.807, 2.05) is 0 Å². The third kappa shape index (κ3) is 4.22. The molecule has 0 aliphatic carbocycles. The molecule has 0 radical (unpaired) electrons. The van der Waals surface area contributed by atoms with Gasteiger partial charge < -0.3 is 16.2 Å². The fraction of sp³-hybridized carbons (Fsp3) is 0.133. The molecule has 1 heterocycles. The zero-order valence-corrected chi connectivity index (χ0v) is 12.6. The lowest BCUT2D eigenvalue weighted by molar-refractivity contribution is -0.141. The molecule has 6 nitrogen and oxygen atoms in total. The molecule has 0 aliphatic rings. The van der Waals surface area contributed by atoms with Gasteiger partial charge in [0.05, 0.1) is 12.8 Å². The number of pyridine rings is 1. The Morgan fingerprint density at radius 3 is 2.25 bits per heavy atom. The van der Waals surface area contributed by atoms with Gasteiger partial charge in [0.25, 0.3) is 0 Å². The number of methoxy groups -OCH3 is 1. The lowest BCUT2D eigenvalue weighted by Crippen LogP contribution is -2.22. The van der Waals surface area contributed by atoms with Gasteiger partial charge in [-0.15, -0.1) is 10.2 Å². The number of alkyl halides is 3. The van der Waals surface area contributed by atoms with Crippen molar-refractivity contribution in [3.05, 3.63) is 59.4 Å². The third-order valence-electron chi connectivity index (χ3n) is 2.91. The first-order chi connectivity index (χ1) is 11.3. The summed E-state index contributed by atoms with van der Waals surface area (Å²) in [5.41, 5.74) is 10.0. The van der Waals surface area contributed by atoms with Crippen LogP contribution in [-0.2, 0) is 6.18 Å². The van der Waals surface area contributed by atoms with Crippen molar-refractivity contribution < 1.29 is 17.9 Å². The SMILES string of the molecule is COc1ccc(/C(=N/N=C(N)N)c2cccc(C(F)(F)F)n2)cc1. The highest BCUT2D eigenvalue weighted by molar-refractivity contribution is 6.11. The van der Waals surface area contributed by atoms with Crippen molar-refractivity contribution in [3.8, 4) is 5.75 Å². The van der Waals surface area contributed by atoms with Crippen LogP contribution < -0.4 is 16.2 Å². The molecule has 0 fully saturated rings. The lowest BCUT2D eigenvalue weighted by atomic mass is 10.1. The van der Waals surface area contributed by atoms with Crippen molar-refractivity contribution in [2.24, 2.45) is 21.7 Å². The first-order valence-electron chi connectivity index (χ1n) is 6.67. The Bertz CT molecular complexity index is 765. The molecule has 0 aliphatic heterocycles. The third-order valence-corrected chi connectivity index (χ3v) is 2.91. The number of rotatable bonds is 4. The number of aromatic nitrogens is 1. The van der Waals surface area contributed by atoms with E-state index in [0.717, 1.165) is 6.07 Å². The summed E-state index contributed by atoms with van der Waals surface area (Å²) in [6.45, 7) is 0. The molecule has 1 aromatic heterocycles. The number of halogens is 3. The number of nitrogens with two attached hydrogens (primary N) is 2. The summed E-state index contributed by atoms with van der Waals surface area (Å²) in [6, 6.07) is 9.99. The summed E-state index contributed by atoms with van der Waals surface area (Å²) in [6.07, 6.45) is -4.57. The van der Waals surface area contributed by atoms with E-state index < -0.39 is 11.9 Å². The van der Waals surface area contributed by atoms with E-state index >= 15 is 0 Å². The molecule has 24 heavy (non-hydrogen) atoms. The zero-order valence-electron chi connectivity index (χ0n) is 12.6. The van der Waals surface area contributed by atoms with Gasteiger partial charge in [-0.25, -0.2) is 4.98 Å². The van der Waals surface area contributed by atoms with Crippen LogP contribution in [0.15, 0.2) is 52.7 Å². The summed E-state index contributed by atoms with van der Waals surface area (Å²) in [4.78, 5) is 3.60. The maximum absolute atomic E-state index is 12.9. The van der Waals surface area contributed by atoms with Gasteiger partial charge in [0.15, 0.2) is 0 Å². The van der Waals surface area contributed by atoms with Crippen molar-refractivity contribution in [1.82, 2.24) is 4.98 Å². The number of hydrogen-bond donors (Lipinski definition) is 2. The van der Waals surface area contributed by atoms with Crippen molar-refractivity contribution in [1.29, 1.82) is 0 Å². The second kappa shape index (κ2) is 6.99. The monoisotopic (exact) mass is 337 g/mol. The maximum Gasteiger partial charge on any atom is 0.433 e. The second-order valence-corrected chi connectivity index (χ2v) is 4.61. The molecule has 0 atom stereocenters. The lowest BCUT2D eigenvalue weighted by Gasteiger charge is -2.10. The first kappa shape index (κ1) is 17.3. The summed E-state index contributed by atoms with van der Waals surface area (Å²) < 4.78 is 43.6. The predicted octanol–water partition coefficient (Wildman–Crippen LogP) is 2.13. The van der Waals surface area contributed by atoms with E-state index in [1.54, 1.807) is 24.3 Å². The standard InChI is InChI=1S/C15H14F3N5O/c1-24-10-7-5-9(6-8-10)13(22-23-14(19)20)11-3-2-4-12(21-11)15(16,17)18/h2-8H,1H3,(H4,19,20,23)/b22-13-. The van der Waals surface area contributed by atoms with E-state index in [-0.39, 0.29) is 17.4 Å². The second-order valence-electron chi connectivity index (χ2n) is 4.61. The molecule has 0 bridgehead atoms. The first-order valence-corrected chi connectivity index (χ1v) is 6.67. The van der Waals surface area contributed by atoms with Crippen LogP contribution in [0.2, 0.25) is 0 Å². The predicted molar refractivity (Wildman–Crippen MR) is 83.7 cm³/mol. The Hall–Kier alpha value is -3.10. The number of ether oxygens (including phenoxy) is 1. The van der Waals surface area contributed by atoms with Gasteiger partial charge in [0.1, 0.15) is 17.2 Å². The quantitative estimate of drug-likeness (QED) is 0.507. The summed E-state index contributed by atoms with van der Waals surface area (Å²) in [5.74, 6) is 0.255. The molecule has 126 valence electrons. The average Bonchev–Trinajstić information content (AvgIpc) is 2.55. The Labute approximate surface area is 135 Å². The minimum Gasteiger partial charge on any atom is -0.497 e. The molecule has 0 amide bonds. The highest BCUT2D eigenvalue weighted by atomic mass is 19.4. The zero-order chi connectivity index (χ0) is 17.7. The van der Waals surface area contributed by atoms with Gasteiger partial charge >= 0.3 is 6.18 Å². The Morgan fingerprint density at radius 2 is 1.71 bits per heavy atom. The van der Waals surface area contributed by atoms with E-state index in [1.165, 1.54) is 19.2 Å². The minimum absolute atomic E-state index is 0.0139. The molecule has 9 heteroatoms. The number of hydrogen-bond acceptors (Lipinski definition) is 4. The number of guanidine groups is 1. The molecular formula is C15H14F3N5O. The molecule has 4 N–H and O–H groups in total. The van der Waals surface area contributed by atoms with Crippen LogP contribution in [0.1, 0.15) is 17.0 Å². The molecule has 0 saturated heterocycles. The van der Waals surface area contributed by atoms with E-state index in [9.17, 15) is 13.2 Å². The Kier molecular flexibility index (Phi) is 5.02. The summed E-state index contributed by atoms with van der Waals surface area (Å²) in [5, 5.41) is 7.35. The van der Waals surface area contributed by atoms with Gasteiger partial charge in [-0.1, -0.05) is 6.07 Å². The summed E-state index contributed by atoms with van der Waals surface area (Å²) >= 11 is 0. The molecule has 2 aromatic rings. The van der Waals surface area contributed by atoms with E-state index in [4.69, 9.17) is 16.2 Å². The fourth-order valence-electron chi connectivity index (χ4n) is 1.84. The van der Waals surface area contributed by atoms with Gasteiger partial charge in [0, 0.05) is 5.56 Å². The molecule has 0 saturated carbocycles. The summed E-state index contributed by atoms with van der Waals surface area (Å²) in [7, 11) is 1.50. The maximum atomic E-state index is 12.9. The number of benzene rings is 1. The van der Waals surface area contributed by atoms with Gasteiger partial charge in [0.2, 0.25) is 5.96 Å². The molecule has 1 aromatic carbocycles. The molecule has 2 rings (SSSR count). The van der Waals surface area contributed by atoms with Crippen molar-refractivity contribution in [2.45, 2.75) is 6.18 Å². The van der Waals surface area contributed by atoms with Crippen LogP contribution >= 0.6 is 0 Å². The van der Waals surface area contributed by atoms with Crippen LogP contribution in [0.5, 0.6) is 5.75 Å². The van der Waals surface area contributed by atoms with Crippen LogP contribution in [0.4, 0.5) is 13.2 Å². The van der Waals surface area contributed by atoms with Crippen LogP contribution in [-0.4, -0.2) is 23.8 Å². The van der Waals surface area contributed by atoms with Crippen LogP contribution in [0.3, 0.4) is 0 Å². The molecule has 0 spiro atoms. The van der Waals surface area contributed by atoms with Crippen molar-refractivity contribution in [3.63, 3.8) is 0 Å². The van der Waals surface area contributed by atoms with Crippen molar-refractivity contribution >= 4 is 11.7 Å². The largest absolute Gasteiger partial charge is 0.497 e. The minimum atomic E-state index is -4.57. The van der Waals surface area contributed by atoms with E-state index in [0.29, 0.717) is 11.3 Å².